The van der Waals surface area contributed by atoms with Gasteiger partial charge in [0.05, 0.1) is 18.2 Å². The molecular weight excluding hydrogens is 363 g/mol. The Bertz CT molecular complexity index is 569. The molecule has 1 aliphatic rings. The molecule has 1 amide bonds. The summed E-state index contributed by atoms with van der Waals surface area (Å²) in [5, 5.41) is 3.67. The lowest BCUT2D eigenvalue weighted by atomic mass is 10.0. The maximum Gasteiger partial charge on any atom is 0.254 e. The molecule has 2 rings (SSSR count). The minimum Gasteiger partial charge on any atom is -0.490 e. The number of likely N-dealkylation sites (N-methyl/N-ethyl adjacent to an activating group) is 1. The number of hydrogen-bond donors (Lipinski definition) is 1. The molecule has 1 N–H and O–H groups in total. The maximum absolute atomic E-state index is 12.8. The molecule has 1 saturated heterocycles. The highest BCUT2D eigenvalue weighted by Gasteiger charge is 2.25. The summed E-state index contributed by atoms with van der Waals surface area (Å²) >= 11 is 6.36. The normalized spacial score (nSPS) is 17.0. The van der Waals surface area contributed by atoms with Gasteiger partial charge in [-0.25, -0.2) is 0 Å². The Labute approximate surface area is 161 Å². The van der Waals surface area contributed by atoms with Crippen LogP contribution in [-0.2, 0) is 0 Å². The van der Waals surface area contributed by atoms with Gasteiger partial charge < -0.3 is 19.7 Å². The lowest BCUT2D eigenvalue weighted by Gasteiger charge is -2.32. The topological polar surface area (TPSA) is 50.8 Å². The van der Waals surface area contributed by atoms with Gasteiger partial charge in [0.25, 0.3) is 5.91 Å². The number of likely N-dealkylation sites (tertiary alicyclic amines) is 1. The summed E-state index contributed by atoms with van der Waals surface area (Å²) in [5.41, 5.74) is 0.545. The third-order valence-electron chi connectivity index (χ3n) is 4.12. The van der Waals surface area contributed by atoms with Crippen molar-refractivity contribution in [3.8, 4) is 11.5 Å². The second kappa shape index (κ2) is 10.7. The van der Waals surface area contributed by atoms with Crippen LogP contribution >= 0.6 is 24.0 Å². The highest BCUT2D eigenvalue weighted by atomic mass is 35.5. The molecule has 142 valence electrons. The summed E-state index contributed by atoms with van der Waals surface area (Å²) < 4.78 is 11.3. The average molecular weight is 391 g/mol. The molecule has 0 spiro atoms. The summed E-state index contributed by atoms with van der Waals surface area (Å²) in [6, 6.07) is 3.77. The van der Waals surface area contributed by atoms with E-state index in [0.29, 0.717) is 47.9 Å². The van der Waals surface area contributed by atoms with E-state index >= 15 is 0 Å². The van der Waals surface area contributed by atoms with Crippen molar-refractivity contribution in [2.75, 3.05) is 33.4 Å². The quantitative estimate of drug-likeness (QED) is 0.769. The molecular formula is C18H28Cl2N2O3. The fraction of sp³-hybridized carbons (Fsp3) is 0.611. The number of carbonyl (C=O) groups excluding carboxylic acids is 1. The zero-order valence-corrected chi connectivity index (χ0v) is 16.7. The monoisotopic (exact) mass is 390 g/mol. The number of carbonyl (C=O) groups is 1. The first-order valence-electron chi connectivity index (χ1n) is 8.66. The lowest BCUT2D eigenvalue weighted by molar-refractivity contribution is 0.0697. The van der Waals surface area contributed by atoms with Crippen molar-refractivity contribution in [2.24, 2.45) is 0 Å². The number of piperidine rings is 1. The van der Waals surface area contributed by atoms with E-state index in [1.807, 2.05) is 25.8 Å². The molecule has 0 aliphatic carbocycles. The number of amides is 1. The van der Waals surface area contributed by atoms with Crippen molar-refractivity contribution < 1.29 is 14.3 Å². The van der Waals surface area contributed by atoms with E-state index in [2.05, 4.69) is 5.32 Å². The van der Waals surface area contributed by atoms with Gasteiger partial charge in [-0.15, -0.1) is 12.4 Å². The summed E-state index contributed by atoms with van der Waals surface area (Å²) in [7, 11) is 1.93. The van der Waals surface area contributed by atoms with E-state index in [1.54, 1.807) is 12.1 Å². The van der Waals surface area contributed by atoms with Crippen LogP contribution in [0.25, 0.3) is 0 Å². The molecule has 1 atom stereocenters. The Morgan fingerprint density at radius 2 is 2.12 bits per heavy atom. The first-order chi connectivity index (χ1) is 11.6. The second-order valence-electron chi connectivity index (χ2n) is 5.95. The number of ether oxygens (including phenoxy) is 2. The van der Waals surface area contributed by atoms with Crippen LogP contribution in [0.1, 0.15) is 43.5 Å². The van der Waals surface area contributed by atoms with Crippen molar-refractivity contribution in [1.29, 1.82) is 0 Å². The van der Waals surface area contributed by atoms with Gasteiger partial charge in [-0.3, -0.25) is 4.79 Å². The summed E-state index contributed by atoms with van der Waals surface area (Å²) in [6.45, 7) is 6.46. The largest absolute Gasteiger partial charge is 0.490 e. The van der Waals surface area contributed by atoms with Gasteiger partial charge in [0.15, 0.2) is 11.5 Å². The van der Waals surface area contributed by atoms with Crippen LogP contribution < -0.4 is 14.8 Å². The van der Waals surface area contributed by atoms with Gasteiger partial charge in [-0.05, 0) is 45.4 Å². The van der Waals surface area contributed by atoms with Gasteiger partial charge in [0.1, 0.15) is 0 Å². The predicted molar refractivity (Wildman–Crippen MR) is 104 cm³/mol. The van der Waals surface area contributed by atoms with Crippen LogP contribution in [0.2, 0.25) is 5.02 Å². The molecule has 7 heteroatoms. The van der Waals surface area contributed by atoms with Crippen LogP contribution in [0.5, 0.6) is 11.5 Å². The molecule has 1 fully saturated rings. The molecule has 1 unspecified atom stereocenters. The smallest absolute Gasteiger partial charge is 0.254 e. The zero-order chi connectivity index (χ0) is 17.5. The van der Waals surface area contributed by atoms with Crippen LogP contribution in [0.4, 0.5) is 0 Å². The highest BCUT2D eigenvalue weighted by molar-refractivity contribution is 6.32. The van der Waals surface area contributed by atoms with E-state index in [1.165, 1.54) is 0 Å². The molecule has 1 aromatic carbocycles. The molecule has 25 heavy (non-hydrogen) atoms. The molecule has 1 aromatic rings. The van der Waals surface area contributed by atoms with Crippen LogP contribution in [-0.4, -0.2) is 50.2 Å². The highest BCUT2D eigenvalue weighted by Crippen LogP contribution is 2.37. The standard InChI is InChI=1S/C18H27ClN2O3.ClH/c1-4-9-24-17-15(19)10-13(11-16(17)23-5-2)18(22)21-8-6-7-14(12-21)20-3;/h10-11,14,20H,4-9,12H2,1-3H3;1H. The van der Waals surface area contributed by atoms with Crippen molar-refractivity contribution in [3.63, 3.8) is 0 Å². The second-order valence-corrected chi connectivity index (χ2v) is 6.35. The van der Waals surface area contributed by atoms with E-state index in [4.69, 9.17) is 21.1 Å². The fourth-order valence-electron chi connectivity index (χ4n) is 2.88. The van der Waals surface area contributed by atoms with E-state index in [0.717, 1.165) is 25.8 Å². The molecule has 1 heterocycles. The Morgan fingerprint density at radius 3 is 2.76 bits per heavy atom. The lowest BCUT2D eigenvalue weighted by Crippen LogP contribution is -2.46. The van der Waals surface area contributed by atoms with E-state index in [-0.39, 0.29) is 18.3 Å². The summed E-state index contributed by atoms with van der Waals surface area (Å²) in [5.74, 6) is 1.03. The van der Waals surface area contributed by atoms with Crippen molar-refractivity contribution >= 4 is 29.9 Å². The number of nitrogens with zero attached hydrogens (tertiary/aromatic N) is 1. The zero-order valence-electron chi connectivity index (χ0n) is 15.1. The summed E-state index contributed by atoms with van der Waals surface area (Å²) in [4.78, 5) is 14.7. The van der Waals surface area contributed by atoms with Crippen LogP contribution in [0.3, 0.4) is 0 Å². The number of hydrogen-bond acceptors (Lipinski definition) is 4. The Balaban J connectivity index is 0.00000312. The predicted octanol–water partition coefficient (Wildman–Crippen LogP) is 3.77. The first kappa shape index (κ1) is 21.9. The minimum atomic E-state index is -0.0140. The SMILES string of the molecule is CCCOc1c(Cl)cc(C(=O)N2CCCC(NC)C2)cc1OCC.Cl. The fourth-order valence-corrected chi connectivity index (χ4v) is 3.14. The van der Waals surface area contributed by atoms with Crippen molar-refractivity contribution in [1.82, 2.24) is 10.2 Å². The Morgan fingerprint density at radius 1 is 1.36 bits per heavy atom. The Hall–Kier alpha value is -1.17. The van der Waals surface area contributed by atoms with Crippen LogP contribution in [0, 0.1) is 0 Å². The number of benzene rings is 1. The molecule has 0 aromatic heterocycles. The van der Waals surface area contributed by atoms with Crippen molar-refractivity contribution in [3.05, 3.63) is 22.7 Å². The molecule has 0 radical (unpaired) electrons. The van der Waals surface area contributed by atoms with E-state index < -0.39 is 0 Å². The van der Waals surface area contributed by atoms with Gasteiger partial charge in [0, 0.05) is 24.7 Å². The van der Waals surface area contributed by atoms with Crippen molar-refractivity contribution in [2.45, 2.75) is 39.2 Å². The average Bonchev–Trinajstić information content (AvgIpc) is 2.60. The molecule has 0 bridgehead atoms. The van der Waals surface area contributed by atoms with Gasteiger partial charge in [-0.1, -0.05) is 18.5 Å². The summed E-state index contributed by atoms with van der Waals surface area (Å²) in [6.07, 6.45) is 2.97. The molecule has 1 aliphatic heterocycles. The molecule has 0 saturated carbocycles. The third-order valence-corrected chi connectivity index (χ3v) is 4.40. The van der Waals surface area contributed by atoms with Crippen LogP contribution in [0.15, 0.2) is 12.1 Å². The minimum absolute atomic E-state index is 0. The third kappa shape index (κ3) is 5.66. The van der Waals surface area contributed by atoms with Gasteiger partial charge in [-0.2, -0.15) is 0 Å². The number of rotatable bonds is 7. The number of nitrogens with one attached hydrogen (secondary N) is 1. The Kier molecular flexibility index (Phi) is 9.39. The van der Waals surface area contributed by atoms with E-state index in [9.17, 15) is 4.79 Å². The first-order valence-corrected chi connectivity index (χ1v) is 9.04. The van der Waals surface area contributed by atoms with Gasteiger partial charge in [0.2, 0.25) is 0 Å². The van der Waals surface area contributed by atoms with Gasteiger partial charge >= 0.3 is 0 Å². The maximum atomic E-state index is 12.8. The molecule has 5 nitrogen and oxygen atoms in total. The number of halogens is 2.